The summed E-state index contributed by atoms with van der Waals surface area (Å²) < 4.78 is 28.1. The van der Waals surface area contributed by atoms with E-state index in [1.165, 1.54) is 12.1 Å². The molecule has 0 spiro atoms. The van der Waals surface area contributed by atoms with Gasteiger partial charge in [-0.05, 0) is 54.8 Å². The first-order chi connectivity index (χ1) is 12.4. The molecule has 0 unspecified atom stereocenters. The number of nitrogens with two attached hydrogens (primary N) is 2. The molecule has 0 aliphatic heterocycles. The van der Waals surface area contributed by atoms with Gasteiger partial charge in [0.1, 0.15) is 11.5 Å². The second-order valence-electron chi connectivity index (χ2n) is 6.07. The molecule has 0 saturated carbocycles. The molecule has 7 heteroatoms. The standard InChI is InChI=1S/C19H24N2O4S/c20-11-1-2-12-25-18-7-3-15(4-8-18)13-17(22)14-16-5-9-19(10-6-16)26(21,23)24/h3-10H,1-2,11-14,20H2,(H2,21,23,24). The lowest BCUT2D eigenvalue weighted by molar-refractivity contribution is -0.117. The fraction of sp³-hybridized carbons (Fsp3) is 0.316. The summed E-state index contributed by atoms with van der Waals surface area (Å²) in [5.41, 5.74) is 7.10. The maximum atomic E-state index is 12.2. The van der Waals surface area contributed by atoms with Crippen LogP contribution in [-0.2, 0) is 27.7 Å². The van der Waals surface area contributed by atoms with Gasteiger partial charge in [0.15, 0.2) is 0 Å². The summed E-state index contributed by atoms with van der Waals surface area (Å²) in [6, 6.07) is 13.5. The number of hydrogen-bond acceptors (Lipinski definition) is 5. The first-order valence-corrected chi connectivity index (χ1v) is 9.98. The van der Waals surface area contributed by atoms with Gasteiger partial charge in [0.25, 0.3) is 0 Å². The summed E-state index contributed by atoms with van der Waals surface area (Å²) in [6.07, 6.45) is 2.40. The first-order valence-electron chi connectivity index (χ1n) is 8.44. The Morgan fingerprint density at radius 3 is 1.92 bits per heavy atom. The average molecular weight is 376 g/mol. The molecular weight excluding hydrogens is 352 g/mol. The normalized spacial score (nSPS) is 11.3. The van der Waals surface area contributed by atoms with Crippen LogP contribution >= 0.6 is 0 Å². The van der Waals surface area contributed by atoms with E-state index in [1.807, 2.05) is 24.3 Å². The van der Waals surface area contributed by atoms with E-state index >= 15 is 0 Å². The van der Waals surface area contributed by atoms with Crippen molar-refractivity contribution in [2.24, 2.45) is 10.9 Å². The van der Waals surface area contributed by atoms with Crippen LogP contribution in [0, 0.1) is 0 Å². The van der Waals surface area contributed by atoms with Crippen LogP contribution < -0.4 is 15.6 Å². The number of rotatable bonds is 10. The predicted octanol–water partition coefficient (Wildman–Crippen LogP) is 1.81. The predicted molar refractivity (Wildman–Crippen MR) is 100 cm³/mol. The molecule has 0 saturated heterocycles. The molecule has 0 radical (unpaired) electrons. The Bertz CT molecular complexity index is 816. The minimum absolute atomic E-state index is 0.0377. The third-order valence-electron chi connectivity index (χ3n) is 3.85. The second-order valence-corrected chi connectivity index (χ2v) is 7.63. The molecule has 4 N–H and O–H groups in total. The minimum atomic E-state index is -3.71. The molecule has 2 rings (SSSR count). The Morgan fingerprint density at radius 1 is 0.885 bits per heavy atom. The highest BCUT2D eigenvalue weighted by atomic mass is 32.2. The van der Waals surface area contributed by atoms with Crippen LogP contribution in [-0.4, -0.2) is 27.4 Å². The summed E-state index contributed by atoms with van der Waals surface area (Å²) in [5.74, 6) is 0.821. The quantitative estimate of drug-likeness (QED) is 0.614. The Labute approximate surface area is 154 Å². The molecule has 140 valence electrons. The molecule has 0 aliphatic carbocycles. The third-order valence-corrected chi connectivity index (χ3v) is 4.77. The molecule has 0 amide bonds. The molecular formula is C19H24N2O4S. The van der Waals surface area contributed by atoms with Crippen LogP contribution in [0.2, 0.25) is 0 Å². The minimum Gasteiger partial charge on any atom is -0.494 e. The summed E-state index contributed by atoms with van der Waals surface area (Å²) >= 11 is 0. The SMILES string of the molecule is NCCCCOc1ccc(CC(=O)Cc2ccc(S(N)(=O)=O)cc2)cc1. The molecule has 6 nitrogen and oxygen atoms in total. The molecule has 26 heavy (non-hydrogen) atoms. The second kappa shape index (κ2) is 9.47. The fourth-order valence-electron chi connectivity index (χ4n) is 2.45. The van der Waals surface area contributed by atoms with Crippen molar-refractivity contribution in [3.05, 3.63) is 59.7 Å². The van der Waals surface area contributed by atoms with Crippen LogP contribution in [0.25, 0.3) is 0 Å². The lowest BCUT2D eigenvalue weighted by Gasteiger charge is -2.07. The van der Waals surface area contributed by atoms with E-state index in [2.05, 4.69) is 0 Å². The Morgan fingerprint density at radius 2 is 1.42 bits per heavy atom. The van der Waals surface area contributed by atoms with Gasteiger partial charge >= 0.3 is 0 Å². The molecule has 0 aromatic heterocycles. The maximum absolute atomic E-state index is 12.2. The number of carbonyl (C=O) groups is 1. The van der Waals surface area contributed by atoms with Crippen LogP contribution in [0.5, 0.6) is 5.75 Å². The van der Waals surface area contributed by atoms with E-state index in [9.17, 15) is 13.2 Å². The molecule has 0 fully saturated rings. The zero-order valence-corrected chi connectivity index (χ0v) is 15.4. The summed E-state index contributed by atoms with van der Waals surface area (Å²) in [5, 5.41) is 5.06. The summed E-state index contributed by atoms with van der Waals surface area (Å²) in [7, 11) is -3.71. The van der Waals surface area contributed by atoms with Crippen molar-refractivity contribution in [2.75, 3.05) is 13.2 Å². The number of ether oxygens (including phenoxy) is 1. The van der Waals surface area contributed by atoms with Crippen molar-refractivity contribution in [1.82, 2.24) is 0 Å². The van der Waals surface area contributed by atoms with Crippen molar-refractivity contribution < 1.29 is 17.9 Å². The van der Waals surface area contributed by atoms with E-state index in [0.29, 0.717) is 19.6 Å². The molecule has 0 bridgehead atoms. The van der Waals surface area contributed by atoms with E-state index in [0.717, 1.165) is 29.7 Å². The number of carbonyl (C=O) groups excluding carboxylic acids is 1. The van der Waals surface area contributed by atoms with Gasteiger partial charge in [-0.15, -0.1) is 0 Å². The van der Waals surface area contributed by atoms with Gasteiger partial charge < -0.3 is 10.5 Å². The number of hydrogen-bond donors (Lipinski definition) is 2. The largest absolute Gasteiger partial charge is 0.494 e. The number of sulfonamides is 1. The molecule has 2 aromatic rings. The van der Waals surface area contributed by atoms with Crippen molar-refractivity contribution in [3.63, 3.8) is 0 Å². The van der Waals surface area contributed by atoms with Gasteiger partial charge in [0.2, 0.25) is 10.0 Å². The van der Waals surface area contributed by atoms with Gasteiger partial charge in [-0.25, -0.2) is 13.6 Å². The average Bonchev–Trinajstić information content (AvgIpc) is 2.60. The van der Waals surface area contributed by atoms with Crippen LogP contribution in [0.15, 0.2) is 53.4 Å². The van der Waals surface area contributed by atoms with Gasteiger partial charge in [-0.3, -0.25) is 4.79 Å². The van der Waals surface area contributed by atoms with Gasteiger partial charge in [0.05, 0.1) is 11.5 Å². The summed E-state index contributed by atoms with van der Waals surface area (Å²) in [6.45, 7) is 1.29. The van der Waals surface area contributed by atoms with E-state index in [1.54, 1.807) is 12.1 Å². The molecule has 2 aromatic carbocycles. The van der Waals surface area contributed by atoms with Gasteiger partial charge in [-0.2, -0.15) is 0 Å². The lowest BCUT2D eigenvalue weighted by Crippen LogP contribution is -2.12. The third kappa shape index (κ3) is 6.59. The molecule has 0 heterocycles. The zero-order chi connectivity index (χ0) is 19.0. The summed E-state index contributed by atoms with van der Waals surface area (Å²) in [4.78, 5) is 12.2. The van der Waals surface area contributed by atoms with E-state index in [4.69, 9.17) is 15.6 Å². The van der Waals surface area contributed by atoms with Gasteiger partial charge in [-0.1, -0.05) is 24.3 Å². The first kappa shape index (κ1) is 20.1. The molecule has 0 aliphatic rings. The maximum Gasteiger partial charge on any atom is 0.238 e. The Kier molecular flexibility index (Phi) is 7.32. The number of ketones is 1. The highest BCUT2D eigenvalue weighted by Gasteiger charge is 2.09. The van der Waals surface area contributed by atoms with Crippen LogP contribution in [0.1, 0.15) is 24.0 Å². The van der Waals surface area contributed by atoms with Crippen LogP contribution in [0.3, 0.4) is 0 Å². The Hall–Kier alpha value is -2.22. The lowest BCUT2D eigenvalue weighted by atomic mass is 10.0. The van der Waals surface area contributed by atoms with E-state index in [-0.39, 0.29) is 17.1 Å². The smallest absolute Gasteiger partial charge is 0.238 e. The van der Waals surface area contributed by atoms with Crippen molar-refractivity contribution >= 4 is 15.8 Å². The fourth-order valence-corrected chi connectivity index (χ4v) is 2.97. The van der Waals surface area contributed by atoms with Gasteiger partial charge in [0, 0.05) is 12.8 Å². The highest BCUT2D eigenvalue weighted by molar-refractivity contribution is 7.89. The van der Waals surface area contributed by atoms with Crippen molar-refractivity contribution in [3.8, 4) is 5.75 Å². The van der Waals surface area contributed by atoms with E-state index < -0.39 is 10.0 Å². The van der Waals surface area contributed by atoms with Crippen molar-refractivity contribution in [1.29, 1.82) is 0 Å². The number of Topliss-reactive ketones (excluding diaryl/α,β-unsaturated/α-hetero) is 1. The zero-order valence-electron chi connectivity index (χ0n) is 14.6. The highest BCUT2D eigenvalue weighted by Crippen LogP contribution is 2.15. The van der Waals surface area contributed by atoms with Crippen molar-refractivity contribution in [2.45, 2.75) is 30.6 Å². The topological polar surface area (TPSA) is 112 Å². The number of benzene rings is 2. The van der Waals surface area contributed by atoms with Crippen LogP contribution in [0.4, 0.5) is 0 Å². The molecule has 0 atom stereocenters. The monoisotopic (exact) mass is 376 g/mol. The Balaban J connectivity index is 1.85. The number of unbranched alkanes of at least 4 members (excludes halogenated alkanes) is 1. The number of primary sulfonamides is 1.